The van der Waals surface area contributed by atoms with Crippen molar-refractivity contribution in [3.63, 3.8) is 0 Å². The Bertz CT molecular complexity index is 1100. The molecular formula is C23H19N3O2S. The maximum absolute atomic E-state index is 12.4. The second kappa shape index (κ2) is 8.58. The van der Waals surface area contributed by atoms with E-state index < -0.39 is 0 Å². The van der Waals surface area contributed by atoms with E-state index in [1.54, 1.807) is 30.3 Å². The molecule has 4 rings (SSSR count). The van der Waals surface area contributed by atoms with Crippen molar-refractivity contribution in [2.75, 3.05) is 10.6 Å². The van der Waals surface area contributed by atoms with Gasteiger partial charge in [0.15, 0.2) is 0 Å². The molecule has 2 N–H and O–H groups in total. The molecule has 29 heavy (non-hydrogen) atoms. The van der Waals surface area contributed by atoms with Crippen LogP contribution in [0.2, 0.25) is 0 Å². The Kier molecular flexibility index (Phi) is 5.54. The number of anilines is 2. The van der Waals surface area contributed by atoms with E-state index in [1.807, 2.05) is 64.8 Å². The smallest absolute Gasteiger partial charge is 0.265 e. The van der Waals surface area contributed by atoms with Crippen molar-refractivity contribution in [1.82, 2.24) is 4.57 Å². The summed E-state index contributed by atoms with van der Waals surface area (Å²) in [5.74, 6) is -0.272. The van der Waals surface area contributed by atoms with Crippen LogP contribution in [0.25, 0.3) is 5.69 Å². The third-order valence-corrected chi connectivity index (χ3v) is 5.22. The van der Waals surface area contributed by atoms with Gasteiger partial charge in [-0.1, -0.05) is 24.3 Å². The van der Waals surface area contributed by atoms with Gasteiger partial charge in [-0.15, -0.1) is 11.3 Å². The van der Waals surface area contributed by atoms with Gasteiger partial charge in [0, 0.05) is 29.5 Å². The van der Waals surface area contributed by atoms with E-state index in [1.165, 1.54) is 11.3 Å². The number of aromatic nitrogens is 1. The molecule has 144 valence electrons. The molecule has 0 bridgehead atoms. The van der Waals surface area contributed by atoms with Crippen molar-refractivity contribution in [2.24, 2.45) is 0 Å². The summed E-state index contributed by atoms with van der Waals surface area (Å²) >= 11 is 1.38. The molecule has 4 aromatic rings. The molecule has 0 aliphatic rings. The summed E-state index contributed by atoms with van der Waals surface area (Å²) in [7, 11) is 0. The van der Waals surface area contributed by atoms with Crippen LogP contribution < -0.4 is 10.6 Å². The first-order chi connectivity index (χ1) is 14.2. The summed E-state index contributed by atoms with van der Waals surface area (Å²) < 4.78 is 2.01. The van der Waals surface area contributed by atoms with Gasteiger partial charge in [0.05, 0.1) is 11.3 Å². The third kappa shape index (κ3) is 4.80. The Labute approximate surface area is 172 Å². The zero-order chi connectivity index (χ0) is 20.1. The summed E-state index contributed by atoms with van der Waals surface area (Å²) in [6.45, 7) is 0. The molecule has 0 spiro atoms. The van der Waals surface area contributed by atoms with Gasteiger partial charge in [-0.25, -0.2) is 0 Å². The highest BCUT2D eigenvalue weighted by Crippen LogP contribution is 2.18. The van der Waals surface area contributed by atoms with E-state index in [0.29, 0.717) is 16.3 Å². The van der Waals surface area contributed by atoms with Crippen molar-refractivity contribution in [2.45, 2.75) is 6.42 Å². The highest BCUT2D eigenvalue weighted by molar-refractivity contribution is 7.12. The largest absolute Gasteiger partial charge is 0.326 e. The minimum atomic E-state index is -0.161. The number of rotatable bonds is 6. The van der Waals surface area contributed by atoms with Gasteiger partial charge in [0.25, 0.3) is 5.91 Å². The van der Waals surface area contributed by atoms with Gasteiger partial charge in [-0.2, -0.15) is 0 Å². The predicted octanol–water partition coefficient (Wildman–Crippen LogP) is 4.97. The van der Waals surface area contributed by atoms with Crippen molar-refractivity contribution in [1.29, 1.82) is 0 Å². The van der Waals surface area contributed by atoms with Crippen LogP contribution in [0.15, 0.2) is 90.6 Å². The van der Waals surface area contributed by atoms with E-state index in [9.17, 15) is 9.59 Å². The number of carbonyl (C=O) groups is 2. The van der Waals surface area contributed by atoms with Crippen molar-refractivity contribution in [3.8, 4) is 5.69 Å². The summed E-state index contributed by atoms with van der Waals surface area (Å²) in [5, 5.41) is 7.59. The number of nitrogens with zero attached hydrogens (tertiary/aromatic N) is 1. The van der Waals surface area contributed by atoms with E-state index in [-0.39, 0.29) is 18.2 Å². The van der Waals surface area contributed by atoms with Crippen LogP contribution in [0.4, 0.5) is 11.4 Å². The zero-order valence-electron chi connectivity index (χ0n) is 15.5. The number of benzene rings is 2. The number of nitrogens with one attached hydrogen (secondary N) is 2. The molecule has 0 unspecified atom stereocenters. The van der Waals surface area contributed by atoms with Crippen LogP contribution in [0.5, 0.6) is 0 Å². The zero-order valence-corrected chi connectivity index (χ0v) is 16.4. The Hall–Kier alpha value is -3.64. The number of amides is 2. The second-order valence-corrected chi connectivity index (χ2v) is 7.44. The van der Waals surface area contributed by atoms with Crippen LogP contribution >= 0.6 is 11.3 Å². The molecule has 5 nitrogen and oxygen atoms in total. The fraction of sp³-hybridized carbons (Fsp3) is 0.0435. The molecule has 0 fully saturated rings. The number of hydrogen-bond acceptors (Lipinski definition) is 3. The topological polar surface area (TPSA) is 63.1 Å². The second-order valence-electron chi connectivity index (χ2n) is 6.49. The highest BCUT2D eigenvalue weighted by atomic mass is 32.1. The van der Waals surface area contributed by atoms with Gasteiger partial charge in [-0.05, 0) is 59.5 Å². The third-order valence-electron chi connectivity index (χ3n) is 4.35. The molecule has 0 atom stereocenters. The first-order valence-electron chi connectivity index (χ1n) is 9.14. The lowest BCUT2D eigenvalue weighted by Crippen LogP contribution is -2.15. The first-order valence-corrected chi connectivity index (χ1v) is 10.0. The molecule has 0 saturated heterocycles. The summed E-state index contributed by atoms with van der Waals surface area (Å²) in [5.41, 5.74) is 3.26. The monoisotopic (exact) mass is 401 g/mol. The normalized spacial score (nSPS) is 10.5. The van der Waals surface area contributed by atoms with Crippen LogP contribution in [-0.2, 0) is 11.2 Å². The van der Waals surface area contributed by atoms with Gasteiger partial charge in [-0.3, -0.25) is 9.59 Å². The average molecular weight is 401 g/mol. The standard InChI is InChI=1S/C23H19N3O2S/c27-22(15-17-8-10-20(11-9-17)26-12-1-2-13-26)24-18-5-3-6-19(16-18)25-23(28)21-7-4-14-29-21/h1-14,16H,15H2,(H,24,27)(H,25,28). The lowest BCUT2D eigenvalue weighted by Gasteiger charge is -2.09. The van der Waals surface area contributed by atoms with E-state index >= 15 is 0 Å². The van der Waals surface area contributed by atoms with Crippen LogP contribution in [0.1, 0.15) is 15.2 Å². The molecular weight excluding hydrogens is 382 g/mol. The number of thiophene rings is 1. The van der Waals surface area contributed by atoms with Gasteiger partial charge in [0.1, 0.15) is 0 Å². The van der Waals surface area contributed by atoms with Crippen LogP contribution in [-0.4, -0.2) is 16.4 Å². The van der Waals surface area contributed by atoms with E-state index in [4.69, 9.17) is 0 Å². The van der Waals surface area contributed by atoms with Crippen molar-refractivity contribution < 1.29 is 9.59 Å². The van der Waals surface area contributed by atoms with Crippen molar-refractivity contribution in [3.05, 3.63) is 101 Å². The van der Waals surface area contributed by atoms with Gasteiger partial charge < -0.3 is 15.2 Å². The fourth-order valence-electron chi connectivity index (χ4n) is 2.96. The number of carbonyl (C=O) groups excluding carboxylic acids is 2. The average Bonchev–Trinajstić information content (AvgIpc) is 3.43. The Morgan fingerprint density at radius 3 is 2.24 bits per heavy atom. The lowest BCUT2D eigenvalue weighted by atomic mass is 10.1. The van der Waals surface area contributed by atoms with E-state index in [2.05, 4.69) is 10.6 Å². The fourth-order valence-corrected chi connectivity index (χ4v) is 3.58. The minimum Gasteiger partial charge on any atom is -0.326 e. The predicted molar refractivity (Wildman–Crippen MR) is 117 cm³/mol. The van der Waals surface area contributed by atoms with Crippen LogP contribution in [0, 0.1) is 0 Å². The quantitative estimate of drug-likeness (QED) is 0.479. The summed E-state index contributed by atoms with van der Waals surface area (Å²) in [4.78, 5) is 25.2. The molecule has 2 aromatic carbocycles. The van der Waals surface area contributed by atoms with Gasteiger partial charge >= 0.3 is 0 Å². The number of hydrogen-bond donors (Lipinski definition) is 2. The molecule has 2 amide bonds. The Balaban J connectivity index is 1.36. The molecule has 0 saturated carbocycles. The summed E-state index contributed by atoms with van der Waals surface area (Å²) in [6, 6.07) is 22.6. The highest BCUT2D eigenvalue weighted by Gasteiger charge is 2.09. The Morgan fingerprint density at radius 1 is 0.828 bits per heavy atom. The van der Waals surface area contributed by atoms with Crippen LogP contribution in [0.3, 0.4) is 0 Å². The molecule has 2 aromatic heterocycles. The molecule has 6 heteroatoms. The maximum Gasteiger partial charge on any atom is 0.265 e. The molecule has 0 aliphatic heterocycles. The lowest BCUT2D eigenvalue weighted by molar-refractivity contribution is -0.115. The van der Waals surface area contributed by atoms with Crippen molar-refractivity contribution >= 4 is 34.5 Å². The molecule has 0 aliphatic carbocycles. The Morgan fingerprint density at radius 2 is 1.55 bits per heavy atom. The molecule has 2 heterocycles. The van der Waals surface area contributed by atoms with E-state index in [0.717, 1.165) is 11.3 Å². The SMILES string of the molecule is O=C(Cc1ccc(-n2cccc2)cc1)Nc1cccc(NC(=O)c2cccs2)c1. The summed E-state index contributed by atoms with van der Waals surface area (Å²) in [6.07, 6.45) is 4.23. The minimum absolute atomic E-state index is 0.111. The van der Waals surface area contributed by atoms with Gasteiger partial charge in [0.2, 0.25) is 5.91 Å². The molecule has 0 radical (unpaired) electrons. The maximum atomic E-state index is 12.4. The first kappa shape index (κ1) is 18.7.